The van der Waals surface area contributed by atoms with Gasteiger partial charge in [-0.15, -0.1) is 11.3 Å². The zero-order chi connectivity index (χ0) is 23.8. The smallest absolute Gasteiger partial charge is 0.242 e. The second-order valence-electron chi connectivity index (χ2n) is 10.1. The fourth-order valence-corrected chi connectivity index (χ4v) is 4.74. The van der Waals surface area contributed by atoms with Crippen LogP contribution < -0.4 is 0 Å². The minimum Gasteiger partial charge on any atom is -0.332 e. The molecule has 1 aromatic heterocycles. The van der Waals surface area contributed by atoms with Gasteiger partial charge in [0, 0.05) is 30.9 Å². The van der Waals surface area contributed by atoms with Crippen molar-refractivity contribution in [1.29, 1.82) is 0 Å². The van der Waals surface area contributed by atoms with E-state index in [4.69, 9.17) is 0 Å². The van der Waals surface area contributed by atoms with Gasteiger partial charge in [-0.2, -0.15) is 0 Å². The third-order valence-electron chi connectivity index (χ3n) is 5.81. The van der Waals surface area contributed by atoms with Crippen LogP contribution in [0.25, 0.3) is 0 Å². The minimum atomic E-state index is -0.296. The van der Waals surface area contributed by atoms with Gasteiger partial charge in [0.05, 0.1) is 13.1 Å². The van der Waals surface area contributed by atoms with Crippen LogP contribution in [0.2, 0.25) is 0 Å². The summed E-state index contributed by atoms with van der Waals surface area (Å²) in [5.74, 6) is -0.361. The van der Waals surface area contributed by atoms with Crippen molar-refractivity contribution in [3.63, 3.8) is 0 Å². The summed E-state index contributed by atoms with van der Waals surface area (Å²) in [6.45, 7) is 10.5. The van der Waals surface area contributed by atoms with Gasteiger partial charge in [0.2, 0.25) is 11.8 Å². The van der Waals surface area contributed by atoms with E-state index in [0.717, 1.165) is 30.1 Å². The maximum atomic E-state index is 13.5. The van der Waals surface area contributed by atoms with Crippen LogP contribution in [0.4, 0.5) is 4.39 Å². The molecule has 0 N–H and O–H groups in total. The lowest BCUT2D eigenvalue weighted by molar-refractivity contribution is -0.142. The number of nitrogens with zero attached hydrogens (tertiary/aromatic N) is 3. The number of likely N-dealkylation sites (tertiary alicyclic amines) is 1. The summed E-state index contributed by atoms with van der Waals surface area (Å²) >= 11 is 1.60. The molecule has 0 spiro atoms. The van der Waals surface area contributed by atoms with Crippen LogP contribution >= 0.6 is 11.3 Å². The third kappa shape index (κ3) is 8.55. The number of carbonyl (C=O) groups excluding carboxylic acids is 2. The molecule has 2 amide bonds. The average Bonchev–Trinajstić information content (AvgIpc) is 3.45. The van der Waals surface area contributed by atoms with Gasteiger partial charge >= 0.3 is 0 Å². The number of hydrogen-bond donors (Lipinski definition) is 0. The fraction of sp³-hybridized carbons (Fsp3) is 0.538. The molecule has 3 rings (SSSR count). The lowest BCUT2D eigenvalue weighted by Gasteiger charge is -2.30. The summed E-state index contributed by atoms with van der Waals surface area (Å²) in [5.41, 5.74) is 0.725. The highest BCUT2D eigenvalue weighted by atomic mass is 32.1. The van der Waals surface area contributed by atoms with E-state index in [9.17, 15) is 14.0 Å². The molecule has 7 heteroatoms. The Morgan fingerprint density at radius 1 is 1.00 bits per heavy atom. The van der Waals surface area contributed by atoms with Crippen molar-refractivity contribution in [2.75, 3.05) is 32.7 Å². The van der Waals surface area contributed by atoms with E-state index in [1.165, 1.54) is 25.0 Å². The Morgan fingerprint density at radius 2 is 1.70 bits per heavy atom. The van der Waals surface area contributed by atoms with Gasteiger partial charge in [-0.1, -0.05) is 39.0 Å². The Labute approximate surface area is 201 Å². The minimum absolute atomic E-state index is 0.0212. The topological polar surface area (TPSA) is 43.9 Å². The monoisotopic (exact) mass is 473 g/mol. The number of halogens is 1. The molecule has 1 fully saturated rings. The molecule has 1 aromatic carbocycles. The zero-order valence-electron chi connectivity index (χ0n) is 20.1. The van der Waals surface area contributed by atoms with Crippen molar-refractivity contribution in [3.05, 3.63) is 58.0 Å². The summed E-state index contributed by atoms with van der Waals surface area (Å²) < 4.78 is 13.4. The van der Waals surface area contributed by atoms with Gasteiger partial charge < -0.3 is 14.7 Å². The molecule has 180 valence electrons. The van der Waals surface area contributed by atoms with E-state index in [2.05, 4.69) is 4.90 Å². The van der Waals surface area contributed by atoms with Gasteiger partial charge in [0.15, 0.2) is 0 Å². The van der Waals surface area contributed by atoms with Crippen molar-refractivity contribution in [2.24, 2.45) is 5.41 Å². The van der Waals surface area contributed by atoms with Crippen LogP contribution in [0.15, 0.2) is 41.8 Å². The van der Waals surface area contributed by atoms with E-state index in [0.29, 0.717) is 26.1 Å². The van der Waals surface area contributed by atoms with Gasteiger partial charge in [-0.3, -0.25) is 9.59 Å². The molecular weight excluding hydrogens is 437 g/mol. The lowest BCUT2D eigenvalue weighted by atomic mass is 9.91. The molecule has 1 aliphatic rings. The van der Waals surface area contributed by atoms with Crippen molar-refractivity contribution in [3.8, 4) is 0 Å². The van der Waals surface area contributed by atoms with E-state index in [1.807, 2.05) is 38.3 Å². The Kier molecular flexibility index (Phi) is 9.03. The third-order valence-corrected chi connectivity index (χ3v) is 6.67. The van der Waals surface area contributed by atoms with E-state index >= 15 is 0 Å². The molecule has 0 atom stereocenters. The molecule has 0 saturated carbocycles. The SMILES string of the molecule is CC(C)(C)CC(=O)N(CCN1CCCC1)CC(=O)N(Cc1ccc(F)cc1)Cc1cccs1. The Hall–Kier alpha value is -2.25. The molecule has 0 unspecified atom stereocenters. The van der Waals surface area contributed by atoms with Crippen LogP contribution in [0.3, 0.4) is 0 Å². The number of carbonyl (C=O) groups is 2. The summed E-state index contributed by atoms with van der Waals surface area (Å²) in [5, 5.41) is 1.99. The number of amides is 2. The number of thiophene rings is 1. The predicted molar refractivity (Wildman–Crippen MR) is 131 cm³/mol. The summed E-state index contributed by atoms with van der Waals surface area (Å²) in [7, 11) is 0. The molecule has 2 heterocycles. The average molecular weight is 474 g/mol. The number of rotatable bonds is 10. The van der Waals surface area contributed by atoms with Crippen molar-refractivity contribution >= 4 is 23.2 Å². The largest absolute Gasteiger partial charge is 0.332 e. The Morgan fingerprint density at radius 3 is 2.30 bits per heavy atom. The standard InChI is InChI=1S/C26H36FN3O2S/c1-26(2,3)17-24(31)29(15-14-28-12-4-5-13-28)20-25(32)30(19-23-7-6-16-33-23)18-21-8-10-22(27)11-9-21/h6-11,16H,4-5,12-15,17-20H2,1-3H3. The van der Waals surface area contributed by atoms with Gasteiger partial charge in [0.25, 0.3) is 0 Å². The van der Waals surface area contributed by atoms with Crippen molar-refractivity contribution in [2.45, 2.75) is 53.1 Å². The maximum Gasteiger partial charge on any atom is 0.242 e. The molecule has 0 aliphatic carbocycles. The zero-order valence-corrected chi connectivity index (χ0v) is 20.9. The molecular formula is C26H36FN3O2S. The first kappa shape index (κ1) is 25.4. The van der Waals surface area contributed by atoms with Crippen LogP contribution in [-0.2, 0) is 22.7 Å². The van der Waals surface area contributed by atoms with Crippen LogP contribution in [-0.4, -0.2) is 59.2 Å². The van der Waals surface area contributed by atoms with E-state index in [1.54, 1.807) is 33.3 Å². The van der Waals surface area contributed by atoms with E-state index < -0.39 is 0 Å². The molecule has 2 aromatic rings. The Bertz CT molecular complexity index is 887. The fourth-order valence-electron chi connectivity index (χ4n) is 4.02. The first-order valence-electron chi connectivity index (χ1n) is 11.7. The number of benzene rings is 1. The van der Waals surface area contributed by atoms with Gasteiger partial charge in [0.1, 0.15) is 5.82 Å². The van der Waals surface area contributed by atoms with Crippen molar-refractivity contribution in [1.82, 2.24) is 14.7 Å². The van der Waals surface area contributed by atoms with Crippen LogP contribution in [0.5, 0.6) is 0 Å². The van der Waals surface area contributed by atoms with Crippen molar-refractivity contribution < 1.29 is 14.0 Å². The number of hydrogen-bond acceptors (Lipinski definition) is 4. The predicted octanol–water partition coefficient (Wildman–Crippen LogP) is 4.78. The lowest BCUT2D eigenvalue weighted by Crippen LogP contribution is -2.45. The first-order valence-corrected chi connectivity index (χ1v) is 12.6. The molecule has 1 saturated heterocycles. The molecule has 1 aliphatic heterocycles. The Balaban J connectivity index is 1.72. The maximum absolute atomic E-state index is 13.5. The van der Waals surface area contributed by atoms with Gasteiger partial charge in [-0.05, 0) is 60.5 Å². The first-order chi connectivity index (χ1) is 15.7. The van der Waals surface area contributed by atoms with Crippen LogP contribution in [0, 0.1) is 11.2 Å². The molecule has 33 heavy (non-hydrogen) atoms. The quantitative estimate of drug-likeness (QED) is 0.499. The van der Waals surface area contributed by atoms with Gasteiger partial charge in [-0.25, -0.2) is 4.39 Å². The molecule has 5 nitrogen and oxygen atoms in total. The summed E-state index contributed by atoms with van der Waals surface area (Å²) in [6, 6.07) is 10.2. The second-order valence-corrected chi connectivity index (χ2v) is 11.1. The van der Waals surface area contributed by atoms with Crippen LogP contribution in [0.1, 0.15) is 50.5 Å². The highest BCUT2D eigenvalue weighted by Crippen LogP contribution is 2.21. The summed E-state index contributed by atoms with van der Waals surface area (Å²) in [4.78, 5) is 33.5. The normalized spacial score (nSPS) is 14.4. The second kappa shape index (κ2) is 11.7. The van der Waals surface area contributed by atoms with E-state index in [-0.39, 0.29) is 29.6 Å². The summed E-state index contributed by atoms with van der Waals surface area (Å²) in [6.07, 6.45) is 2.80. The highest BCUT2D eigenvalue weighted by molar-refractivity contribution is 7.09. The molecule has 0 radical (unpaired) electrons. The highest BCUT2D eigenvalue weighted by Gasteiger charge is 2.26. The molecule has 0 bridgehead atoms.